The Hall–Kier alpha value is -2.37. The molecule has 1 aliphatic heterocycles. The summed E-state index contributed by atoms with van der Waals surface area (Å²) in [5.74, 6) is 1.25. The smallest absolute Gasteiger partial charge is 0.219 e. The number of primary amides is 1. The largest absolute Gasteiger partial charge is 0.497 e. The lowest BCUT2D eigenvalue weighted by Crippen LogP contribution is -2.54. The molecule has 5 nitrogen and oxygen atoms in total. The van der Waals surface area contributed by atoms with Crippen LogP contribution in [0.2, 0.25) is 0 Å². The van der Waals surface area contributed by atoms with Crippen molar-refractivity contribution in [2.75, 3.05) is 26.7 Å². The summed E-state index contributed by atoms with van der Waals surface area (Å²) in [6, 6.07) is 19.7. The number of ether oxygens (including phenoxy) is 1. The number of nitrogens with two attached hydrogens (primary N) is 1. The summed E-state index contributed by atoms with van der Waals surface area (Å²) < 4.78 is 5.24. The van der Waals surface area contributed by atoms with E-state index >= 15 is 0 Å². The Morgan fingerprint density at radius 2 is 1.86 bits per heavy atom. The maximum atomic E-state index is 11.7. The lowest BCUT2D eigenvalue weighted by atomic mass is 10.0. The van der Waals surface area contributed by atoms with Crippen molar-refractivity contribution in [3.63, 3.8) is 0 Å². The van der Waals surface area contributed by atoms with E-state index < -0.39 is 0 Å². The minimum Gasteiger partial charge on any atom is -0.497 e. The van der Waals surface area contributed by atoms with Crippen LogP contribution in [0.25, 0.3) is 0 Å². The summed E-state index contributed by atoms with van der Waals surface area (Å²) in [5.41, 5.74) is 8.26. The predicted molar refractivity (Wildman–Crippen MR) is 110 cm³/mol. The highest BCUT2D eigenvalue weighted by atomic mass is 16.5. The van der Waals surface area contributed by atoms with Gasteiger partial charge in [0.1, 0.15) is 5.75 Å². The molecule has 1 heterocycles. The van der Waals surface area contributed by atoms with Crippen molar-refractivity contribution in [1.82, 2.24) is 9.80 Å². The van der Waals surface area contributed by atoms with Gasteiger partial charge in [-0.3, -0.25) is 14.6 Å². The second-order valence-corrected chi connectivity index (χ2v) is 7.97. The minimum absolute atomic E-state index is 0.197. The summed E-state index contributed by atoms with van der Waals surface area (Å²) in [6.45, 7) is 3.77. The van der Waals surface area contributed by atoms with E-state index in [0.29, 0.717) is 18.4 Å². The molecule has 28 heavy (non-hydrogen) atoms. The molecule has 1 aliphatic carbocycles. The zero-order valence-electron chi connectivity index (χ0n) is 16.5. The van der Waals surface area contributed by atoms with Gasteiger partial charge in [0.25, 0.3) is 0 Å². The molecule has 0 bridgehead atoms. The molecule has 148 valence electrons. The number of carbonyl (C=O) groups excluding carboxylic acids is 1. The summed E-state index contributed by atoms with van der Waals surface area (Å²) >= 11 is 0. The predicted octanol–water partition coefficient (Wildman–Crippen LogP) is 2.61. The van der Waals surface area contributed by atoms with Crippen molar-refractivity contribution in [2.45, 2.75) is 37.4 Å². The molecule has 1 saturated heterocycles. The first-order chi connectivity index (χ1) is 13.6. The van der Waals surface area contributed by atoms with Gasteiger partial charge in [-0.05, 0) is 29.7 Å². The fraction of sp³-hybridized carbons (Fsp3) is 0.435. The third-order valence-corrected chi connectivity index (χ3v) is 6.02. The van der Waals surface area contributed by atoms with Crippen LogP contribution >= 0.6 is 0 Å². The Balaban J connectivity index is 1.40. The van der Waals surface area contributed by atoms with Gasteiger partial charge >= 0.3 is 0 Å². The Bertz CT molecular complexity index is 793. The Morgan fingerprint density at radius 3 is 2.54 bits per heavy atom. The fourth-order valence-electron chi connectivity index (χ4n) is 4.52. The van der Waals surface area contributed by atoms with Gasteiger partial charge < -0.3 is 10.5 Å². The number of hydrogen-bond donors (Lipinski definition) is 1. The molecule has 2 aromatic carbocycles. The number of rotatable bonds is 7. The molecule has 4 rings (SSSR count). The van der Waals surface area contributed by atoms with Gasteiger partial charge in [0.15, 0.2) is 0 Å². The second-order valence-electron chi connectivity index (χ2n) is 7.97. The zero-order chi connectivity index (χ0) is 19.5. The van der Waals surface area contributed by atoms with Crippen LogP contribution in [0.4, 0.5) is 0 Å². The lowest BCUT2D eigenvalue weighted by Gasteiger charge is -2.41. The van der Waals surface area contributed by atoms with E-state index in [4.69, 9.17) is 10.5 Å². The van der Waals surface area contributed by atoms with E-state index in [9.17, 15) is 4.79 Å². The normalized spacial score (nSPS) is 25.4. The van der Waals surface area contributed by atoms with E-state index in [1.807, 2.05) is 12.1 Å². The fourth-order valence-corrected chi connectivity index (χ4v) is 4.52. The molecule has 2 fully saturated rings. The van der Waals surface area contributed by atoms with Crippen LogP contribution in [0.1, 0.15) is 29.9 Å². The number of piperazine rings is 1. The summed E-state index contributed by atoms with van der Waals surface area (Å²) in [4.78, 5) is 16.7. The quantitative estimate of drug-likeness (QED) is 0.803. The molecule has 3 atom stereocenters. The number of carbonyl (C=O) groups is 1. The average Bonchev–Trinajstić information content (AvgIpc) is 3.50. The van der Waals surface area contributed by atoms with Crippen molar-refractivity contribution in [1.29, 1.82) is 0 Å². The number of amides is 1. The summed E-state index contributed by atoms with van der Waals surface area (Å²) in [7, 11) is 1.68. The van der Waals surface area contributed by atoms with Gasteiger partial charge in [-0.2, -0.15) is 0 Å². The molecule has 0 spiro atoms. The van der Waals surface area contributed by atoms with Crippen LogP contribution in [0.5, 0.6) is 5.75 Å². The molecule has 2 N–H and O–H groups in total. The number of methoxy groups -OCH3 is 1. The standard InChI is InChI=1S/C23H29N3O2/c1-28-20-9-7-17(8-10-20)15-25-11-12-26(19(16-25)13-23(24)27)22-14-21(22)18-5-3-2-4-6-18/h2-10,19,21-22H,11-16H2,1H3,(H2,24,27). The van der Waals surface area contributed by atoms with Gasteiger partial charge in [-0.25, -0.2) is 0 Å². The van der Waals surface area contributed by atoms with Crippen LogP contribution in [0.3, 0.4) is 0 Å². The first-order valence-corrected chi connectivity index (χ1v) is 10.1. The van der Waals surface area contributed by atoms with Crippen LogP contribution in [-0.2, 0) is 11.3 Å². The first-order valence-electron chi connectivity index (χ1n) is 10.1. The first kappa shape index (κ1) is 19.0. The Labute approximate surface area is 167 Å². The van der Waals surface area contributed by atoms with Crippen LogP contribution < -0.4 is 10.5 Å². The molecular weight excluding hydrogens is 350 g/mol. The maximum absolute atomic E-state index is 11.7. The third-order valence-electron chi connectivity index (χ3n) is 6.02. The van der Waals surface area contributed by atoms with Gasteiger partial charge in [0.2, 0.25) is 5.91 Å². The molecule has 2 aromatic rings. The second kappa shape index (κ2) is 8.33. The molecule has 5 heteroatoms. The molecule has 1 saturated carbocycles. The SMILES string of the molecule is COc1ccc(CN2CCN(C3CC3c3ccccc3)C(CC(N)=O)C2)cc1. The van der Waals surface area contributed by atoms with Gasteiger partial charge in [-0.15, -0.1) is 0 Å². The number of nitrogens with zero attached hydrogens (tertiary/aromatic N) is 2. The Kier molecular flexibility index (Phi) is 5.64. The van der Waals surface area contributed by atoms with Gasteiger partial charge in [-0.1, -0.05) is 42.5 Å². The van der Waals surface area contributed by atoms with Crippen molar-refractivity contribution < 1.29 is 9.53 Å². The summed E-state index contributed by atoms with van der Waals surface area (Å²) in [5, 5.41) is 0. The molecule has 0 aromatic heterocycles. The van der Waals surface area contributed by atoms with E-state index in [1.54, 1.807) is 7.11 Å². The molecule has 2 aliphatic rings. The van der Waals surface area contributed by atoms with Crippen molar-refractivity contribution in [3.05, 3.63) is 65.7 Å². The summed E-state index contributed by atoms with van der Waals surface area (Å²) in [6.07, 6.45) is 1.61. The van der Waals surface area contributed by atoms with Crippen molar-refractivity contribution >= 4 is 5.91 Å². The van der Waals surface area contributed by atoms with E-state index in [2.05, 4.69) is 52.3 Å². The Morgan fingerprint density at radius 1 is 1.11 bits per heavy atom. The molecule has 0 radical (unpaired) electrons. The van der Waals surface area contributed by atoms with Crippen molar-refractivity contribution in [3.8, 4) is 5.75 Å². The van der Waals surface area contributed by atoms with Crippen molar-refractivity contribution in [2.24, 2.45) is 5.73 Å². The lowest BCUT2D eigenvalue weighted by molar-refractivity contribution is -0.120. The third kappa shape index (κ3) is 4.37. The number of benzene rings is 2. The number of hydrogen-bond acceptors (Lipinski definition) is 4. The highest BCUT2D eigenvalue weighted by Gasteiger charge is 2.46. The maximum Gasteiger partial charge on any atom is 0.219 e. The minimum atomic E-state index is -0.210. The zero-order valence-corrected chi connectivity index (χ0v) is 16.5. The monoisotopic (exact) mass is 379 g/mol. The molecule has 1 amide bonds. The average molecular weight is 380 g/mol. The highest BCUT2D eigenvalue weighted by molar-refractivity contribution is 5.74. The highest BCUT2D eigenvalue weighted by Crippen LogP contribution is 2.46. The van der Waals surface area contributed by atoms with Gasteiger partial charge in [0, 0.05) is 50.6 Å². The van der Waals surface area contributed by atoms with E-state index in [0.717, 1.165) is 31.9 Å². The van der Waals surface area contributed by atoms with E-state index in [-0.39, 0.29) is 11.9 Å². The topological polar surface area (TPSA) is 58.8 Å². The van der Waals surface area contributed by atoms with E-state index in [1.165, 1.54) is 17.5 Å². The molecule has 3 unspecified atom stereocenters. The van der Waals surface area contributed by atoms with Crippen LogP contribution in [0, 0.1) is 0 Å². The van der Waals surface area contributed by atoms with Gasteiger partial charge in [0.05, 0.1) is 7.11 Å². The van der Waals surface area contributed by atoms with Crippen LogP contribution in [0.15, 0.2) is 54.6 Å². The van der Waals surface area contributed by atoms with Crippen LogP contribution in [-0.4, -0.2) is 54.5 Å². The molecular formula is C23H29N3O2.